The van der Waals surface area contributed by atoms with Gasteiger partial charge in [-0.2, -0.15) is 0 Å². The monoisotopic (exact) mass is 326 g/mol. The van der Waals surface area contributed by atoms with Crippen LogP contribution in [0.2, 0.25) is 10.0 Å². The van der Waals surface area contributed by atoms with Gasteiger partial charge in [-0.25, -0.2) is 0 Å². The molecule has 0 aliphatic rings. The number of hydrogen-bond donors (Lipinski definition) is 0. The van der Waals surface area contributed by atoms with Crippen LogP contribution >= 0.6 is 34.8 Å². The van der Waals surface area contributed by atoms with Crippen molar-refractivity contribution in [3.63, 3.8) is 0 Å². The van der Waals surface area contributed by atoms with E-state index in [1.54, 1.807) is 12.1 Å². The van der Waals surface area contributed by atoms with Crippen LogP contribution in [0.1, 0.15) is 42.8 Å². The molecular weight excluding hydrogens is 311 g/mol. The van der Waals surface area contributed by atoms with Gasteiger partial charge < -0.3 is 0 Å². The minimum atomic E-state index is -0.309. The predicted molar refractivity (Wildman–Crippen MR) is 89.3 cm³/mol. The Hall–Kier alpha value is -0.690. The van der Waals surface area contributed by atoms with Gasteiger partial charge in [0, 0.05) is 10.0 Å². The fraction of sp³-hybridized carbons (Fsp3) is 0.294. The van der Waals surface area contributed by atoms with Gasteiger partial charge in [0.25, 0.3) is 0 Å². The third-order valence-corrected chi connectivity index (χ3v) is 4.32. The molecule has 0 amide bonds. The molecule has 1 unspecified atom stereocenters. The quantitative estimate of drug-likeness (QED) is 0.544. The minimum absolute atomic E-state index is 0.0226. The standard InChI is InChI=1S/C17H17Cl3/c1-17(2,3)14-7-5-4-6-12(14)16(20)13-10-11(18)8-9-15(13)19/h4-10,16H,1-3H3. The van der Waals surface area contributed by atoms with E-state index in [0.717, 1.165) is 11.1 Å². The molecule has 0 heterocycles. The SMILES string of the molecule is CC(C)(C)c1ccccc1C(Cl)c1cc(Cl)ccc1Cl. The van der Waals surface area contributed by atoms with Crippen LogP contribution in [0.25, 0.3) is 0 Å². The molecule has 0 saturated carbocycles. The van der Waals surface area contributed by atoms with E-state index in [1.807, 2.05) is 18.2 Å². The molecule has 0 aromatic heterocycles. The molecule has 3 heteroatoms. The molecule has 0 saturated heterocycles. The first-order chi connectivity index (χ1) is 9.30. The summed E-state index contributed by atoms with van der Waals surface area (Å²) in [7, 11) is 0. The smallest absolute Gasteiger partial charge is 0.0853 e. The minimum Gasteiger partial charge on any atom is -0.113 e. The van der Waals surface area contributed by atoms with E-state index < -0.39 is 0 Å². The molecule has 0 spiro atoms. The summed E-state index contributed by atoms with van der Waals surface area (Å²) in [6, 6.07) is 13.6. The van der Waals surface area contributed by atoms with E-state index >= 15 is 0 Å². The molecule has 2 aromatic rings. The average molecular weight is 328 g/mol. The normalized spacial score (nSPS) is 13.3. The van der Waals surface area contributed by atoms with Crippen molar-refractivity contribution in [2.24, 2.45) is 0 Å². The maximum Gasteiger partial charge on any atom is 0.0853 e. The van der Waals surface area contributed by atoms with E-state index in [4.69, 9.17) is 34.8 Å². The number of halogens is 3. The Morgan fingerprint density at radius 2 is 1.55 bits per heavy atom. The predicted octanol–water partition coefficient (Wildman–Crippen LogP) is 6.62. The first kappa shape index (κ1) is 15.7. The van der Waals surface area contributed by atoms with Crippen molar-refractivity contribution in [2.45, 2.75) is 31.6 Å². The summed E-state index contributed by atoms with van der Waals surface area (Å²) in [4.78, 5) is 0. The van der Waals surface area contributed by atoms with Gasteiger partial charge in [-0.1, -0.05) is 68.2 Å². The fourth-order valence-corrected chi connectivity index (χ4v) is 3.11. The zero-order chi connectivity index (χ0) is 14.9. The van der Waals surface area contributed by atoms with Crippen molar-refractivity contribution < 1.29 is 0 Å². The van der Waals surface area contributed by atoms with Crippen molar-refractivity contribution in [1.29, 1.82) is 0 Å². The van der Waals surface area contributed by atoms with Crippen molar-refractivity contribution >= 4 is 34.8 Å². The molecule has 106 valence electrons. The number of hydrogen-bond acceptors (Lipinski definition) is 0. The average Bonchev–Trinajstić information content (AvgIpc) is 2.40. The molecular formula is C17H17Cl3. The Kier molecular flexibility index (Phi) is 4.69. The number of rotatable bonds is 2. The summed E-state index contributed by atoms with van der Waals surface area (Å²) < 4.78 is 0. The highest BCUT2D eigenvalue weighted by molar-refractivity contribution is 6.35. The van der Waals surface area contributed by atoms with Gasteiger partial charge in [-0.15, -0.1) is 11.6 Å². The van der Waals surface area contributed by atoms with Gasteiger partial charge in [-0.3, -0.25) is 0 Å². The van der Waals surface area contributed by atoms with Crippen LogP contribution in [0.3, 0.4) is 0 Å². The molecule has 20 heavy (non-hydrogen) atoms. The highest BCUT2D eigenvalue weighted by atomic mass is 35.5. The van der Waals surface area contributed by atoms with Crippen LogP contribution in [0.5, 0.6) is 0 Å². The van der Waals surface area contributed by atoms with E-state index in [2.05, 4.69) is 32.9 Å². The first-order valence-electron chi connectivity index (χ1n) is 6.49. The molecule has 0 fully saturated rings. The molecule has 2 rings (SSSR count). The van der Waals surface area contributed by atoms with Gasteiger partial charge in [0.1, 0.15) is 0 Å². The zero-order valence-corrected chi connectivity index (χ0v) is 14.0. The van der Waals surface area contributed by atoms with E-state index in [9.17, 15) is 0 Å². The summed E-state index contributed by atoms with van der Waals surface area (Å²) in [6.45, 7) is 6.53. The maximum atomic E-state index is 6.68. The highest BCUT2D eigenvalue weighted by Crippen LogP contribution is 2.39. The Morgan fingerprint density at radius 3 is 2.20 bits per heavy atom. The van der Waals surface area contributed by atoms with Gasteiger partial charge in [0.2, 0.25) is 0 Å². The topological polar surface area (TPSA) is 0 Å². The summed E-state index contributed by atoms with van der Waals surface area (Å²) in [5, 5.41) is 0.970. The summed E-state index contributed by atoms with van der Waals surface area (Å²) >= 11 is 19.0. The van der Waals surface area contributed by atoms with Crippen LogP contribution < -0.4 is 0 Å². The second-order valence-corrected chi connectivity index (χ2v) is 7.15. The molecule has 1 atom stereocenters. The number of benzene rings is 2. The van der Waals surface area contributed by atoms with Gasteiger partial charge in [0.05, 0.1) is 5.38 Å². The molecule has 0 nitrogen and oxygen atoms in total. The maximum absolute atomic E-state index is 6.68. The molecule has 0 bridgehead atoms. The molecule has 0 N–H and O–H groups in total. The van der Waals surface area contributed by atoms with E-state index in [-0.39, 0.29) is 10.8 Å². The van der Waals surface area contributed by atoms with Gasteiger partial charge >= 0.3 is 0 Å². The van der Waals surface area contributed by atoms with Crippen LogP contribution in [-0.2, 0) is 5.41 Å². The number of alkyl halides is 1. The molecule has 0 aliphatic carbocycles. The second-order valence-electron chi connectivity index (χ2n) is 5.87. The Morgan fingerprint density at radius 1 is 0.900 bits per heavy atom. The Labute approximate surface area is 135 Å². The second kappa shape index (κ2) is 5.97. The summed E-state index contributed by atoms with van der Waals surface area (Å²) in [5.41, 5.74) is 3.16. The lowest BCUT2D eigenvalue weighted by Gasteiger charge is -2.25. The van der Waals surface area contributed by atoms with Gasteiger partial charge in [-0.05, 0) is 40.3 Å². The zero-order valence-electron chi connectivity index (χ0n) is 11.8. The Bertz CT molecular complexity index is 612. The first-order valence-corrected chi connectivity index (χ1v) is 7.68. The largest absolute Gasteiger partial charge is 0.113 e. The Balaban J connectivity index is 2.54. The van der Waals surface area contributed by atoms with E-state index in [0.29, 0.717) is 10.0 Å². The fourth-order valence-electron chi connectivity index (χ4n) is 2.28. The van der Waals surface area contributed by atoms with Crippen molar-refractivity contribution in [1.82, 2.24) is 0 Å². The molecule has 0 aliphatic heterocycles. The third kappa shape index (κ3) is 3.31. The highest BCUT2D eigenvalue weighted by Gasteiger charge is 2.23. The molecule has 2 aromatic carbocycles. The van der Waals surface area contributed by atoms with Crippen molar-refractivity contribution in [3.8, 4) is 0 Å². The van der Waals surface area contributed by atoms with Crippen LogP contribution in [0.4, 0.5) is 0 Å². The van der Waals surface area contributed by atoms with Gasteiger partial charge in [0.15, 0.2) is 0 Å². The van der Waals surface area contributed by atoms with E-state index in [1.165, 1.54) is 5.56 Å². The lowest BCUT2D eigenvalue weighted by Crippen LogP contribution is -2.15. The lowest BCUT2D eigenvalue weighted by molar-refractivity contribution is 0.583. The van der Waals surface area contributed by atoms with Crippen LogP contribution in [0, 0.1) is 0 Å². The summed E-state index contributed by atoms with van der Waals surface area (Å²) in [5.74, 6) is 0. The third-order valence-electron chi connectivity index (χ3n) is 3.27. The van der Waals surface area contributed by atoms with Crippen molar-refractivity contribution in [3.05, 3.63) is 69.2 Å². The molecule has 0 radical (unpaired) electrons. The lowest BCUT2D eigenvalue weighted by atomic mass is 9.82. The van der Waals surface area contributed by atoms with Crippen LogP contribution in [0.15, 0.2) is 42.5 Å². The van der Waals surface area contributed by atoms with Crippen LogP contribution in [-0.4, -0.2) is 0 Å². The van der Waals surface area contributed by atoms with Crippen molar-refractivity contribution in [2.75, 3.05) is 0 Å². The summed E-state index contributed by atoms with van der Waals surface area (Å²) in [6.07, 6.45) is 0.